The predicted octanol–water partition coefficient (Wildman–Crippen LogP) is 0.882. The molecular formula is C11H14N2O3S. The summed E-state index contributed by atoms with van der Waals surface area (Å²) in [5, 5.41) is 12.0. The molecule has 1 amide bonds. The highest BCUT2D eigenvalue weighted by molar-refractivity contribution is 7.15. The van der Waals surface area contributed by atoms with Gasteiger partial charge in [0.15, 0.2) is 0 Å². The molecule has 17 heavy (non-hydrogen) atoms. The van der Waals surface area contributed by atoms with Gasteiger partial charge in [0.05, 0.1) is 4.88 Å². The van der Waals surface area contributed by atoms with Crippen LogP contribution in [0.4, 0.5) is 0 Å². The predicted molar refractivity (Wildman–Crippen MR) is 64.7 cm³/mol. The Bertz CT molecular complexity index is 422. The second-order valence-corrected chi connectivity index (χ2v) is 4.95. The number of carboxylic acids is 1. The Morgan fingerprint density at radius 2 is 2.00 bits per heavy atom. The monoisotopic (exact) mass is 254 g/mol. The van der Waals surface area contributed by atoms with Gasteiger partial charge in [0.2, 0.25) is 0 Å². The first-order valence-electron chi connectivity index (χ1n) is 5.51. The molecule has 0 spiro atoms. The van der Waals surface area contributed by atoms with Gasteiger partial charge < -0.3 is 15.3 Å². The number of nitrogens with zero attached hydrogens (tertiary/aromatic N) is 1. The number of aromatic carboxylic acids is 1. The first-order valence-corrected chi connectivity index (χ1v) is 6.33. The lowest BCUT2D eigenvalue weighted by atomic mass is 10.3. The van der Waals surface area contributed by atoms with E-state index in [-0.39, 0.29) is 10.8 Å². The number of hydrogen-bond acceptors (Lipinski definition) is 4. The fourth-order valence-corrected chi connectivity index (χ4v) is 2.59. The van der Waals surface area contributed by atoms with E-state index in [4.69, 9.17) is 5.11 Å². The molecule has 1 saturated heterocycles. The Balaban J connectivity index is 2.09. The van der Waals surface area contributed by atoms with Crippen LogP contribution in [0.3, 0.4) is 0 Å². The molecule has 6 heteroatoms. The van der Waals surface area contributed by atoms with E-state index < -0.39 is 5.97 Å². The van der Waals surface area contributed by atoms with Crippen molar-refractivity contribution in [2.75, 3.05) is 26.2 Å². The van der Waals surface area contributed by atoms with Crippen LogP contribution in [0.25, 0.3) is 0 Å². The molecule has 0 aliphatic carbocycles. The zero-order valence-corrected chi connectivity index (χ0v) is 10.1. The summed E-state index contributed by atoms with van der Waals surface area (Å²) in [6, 6.07) is 3.07. The van der Waals surface area contributed by atoms with Crippen LogP contribution in [0, 0.1) is 0 Å². The third-order valence-corrected chi connectivity index (χ3v) is 3.72. The van der Waals surface area contributed by atoms with Crippen LogP contribution in [-0.4, -0.2) is 48.1 Å². The topological polar surface area (TPSA) is 69.6 Å². The van der Waals surface area contributed by atoms with Gasteiger partial charge in [0, 0.05) is 19.6 Å². The van der Waals surface area contributed by atoms with Crippen molar-refractivity contribution < 1.29 is 14.7 Å². The maximum atomic E-state index is 12.1. The number of rotatable bonds is 2. The zero-order valence-electron chi connectivity index (χ0n) is 9.31. The standard InChI is InChI=1S/C11H14N2O3S/c14-10(13-6-1-4-12-5-7-13)8-2-3-9(17-8)11(15)16/h2-3,12H,1,4-7H2,(H,15,16). The minimum atomic E-state index is -0.980. The van der Waals surface area contributed by atoms with Crippen molar-refractivity contribution in [3.8, 4) is 0 Å². The van der Waals surface area contributed by atoms with E-state index >= 15 is 0 Å². The molecule has 1 aliphatic rings. The molecule has 0 aromatic carbocycles. The molecule has 1 aromatic heterocycles. The minimum absolute atomic E-state index is 0.0637. The number of amides is 1. The van der Waals surface area contributed by atoms with Gasteiger partial charge in [-0.1, -0.05) is 0 Å². The lowest BCUT2D eigenvalue weighted by molar-refractivity contribution is 0.0701. The molecule has 1 fully saturated rings. The molecule has 0 bridgehead atoms. The minimum Gasteiger partial charge on any atom is -0.477 e. The molecule has 2 heterocycles. The van der Waals surface area contributed by atoms with Crippen molar-refractivity contribution in [2.45, 2.75) is 6.42 Å². The van der Waals surface area contributed by atoms with Crippen molar-refractivity contribution in [2.24, 2.45) is 0 Å². The van der Waals surface area contributed by atoms with E-state index in [0.29, 0.717) is 11.4 Å². The van der Waals surface area contributed by atoms with Gasteiger partial charge in [-0.2, -0.15) is 0 Å². The molecular weight excluding hydrogens is 240 g/mol. The molecule has 5 nitrogen and oxygen atoms in total. The van der Waals surface area contributed by atoms with E-state index in [0.717, 1.165) is 37.4 Å². The lowest BCUT2D eigenvalue weighted by Gasteiger charge is -2.18. The van der Waals surface area contributed by atoms with Crippen LogP contribution < -0.4 is 5.32 Å². The van der Waals surface area contributed by atoms with E-state index in [1.807, 2.05) is 0 Å². The molecule has 0 radical (unpaired) electrons. The summed E-state index contributed by atoms with van der Waals surface area (Å²) in [6.07, 6.45) is 0.933. The van der Waals surface area contributed by atoms with Gasteiger partial charge in [-0.05, 0) is 25.1 Å². The van der Waals surface area contributed by atoms with Gasteiger partial charge in [-0.25, -0.2) is 4.79 Å². The fraction of sp³-hybridized carbons (Fsp3) is 0.455. The highest BCUT2D eigenvalue weighted by atomic mass is 32.1. The van der Waals surface area contributed by atoms with Crippen LogP contribution in [0.15, 0.2) is 12.1 Å². The van der Waals surface area contributed by atoms with E-state index in [2.05, 4.69) is 5.32 Å². The summed E-state index contributed by atoms with van der Waals surface area (Å²) in [7, 11) is 0. The Labute approximate surface area is 103 Å². The maximum Gasteiger partial charge on any atom is 0.345 e. The van der Waals surface area contributed by atoms with E-state index in [1.165, 1.54) is 6.07 Å². The molecule has 0 unspecified atom stereocenters. The zero-order chi connectivity index (χ0) is 12.3. The number of carbonyl (C=O) groups is 2. The maximum absolute atomic E-state index is 12.1. The van der Waals surface area contributed by atoms with Gasteiger partial charge in [0.25, 0.3) is 5.91 Å². The fourth-order valence-electron chi connectivity index (χ4n) is 1.77. The largest absolute Gasteiger partial charge is 0.477 e. The normalized spacial score (nSPS) is 16.6. The Morgan fingerprint density at radius 3 is 2.71 bits per heavy atom. The summed E-state index contributed by atoms with van der Waals surface area (Å²) in [4.78, 5) is 25.3. The molecule has 1 aliphatic heterocycles. The Morgan fingerprint density at radius 1 is 1.24 bits per heavy atom. The highest BCUT2D eigenvalue weighted by Gasteiger charge is 2.19. The molecule has 0 atom stereocenters. The first kappa shape index (κ1) is 12.1. The number of carbonyl (C=O) groups excluding carboxylic acids is 1. The Hall–Kier alpha value is -1.40. The number of carboxylic acid groups (broad SMARTS) is 1. The van der Waals surface area contributed by atoms with Gasteiger partial charge in [-0.3, -0.25) is 4.79 Å². The van der Waals surface area contributed by atoms with Crippen LogP contribution in [0.2, 0.25) is 0 Å². The highest BCUT2D eigenvalue weighted by Crippen LogP contribution is 2.18. The summed E-state index contributed by atoms with van der Waals surface area (Å²) in [5.41, 5.74) is 0. The van der Waals surface area contributed by atoms with Crippen molar-refractivity contribution >= 4 is 23.2 Å². The van der Waals surface area contributed by atoms with Crippen LogP contribution in [-0.2, 0) is 0 Å². The molecule has 92 valence electrons. The van der Waals surface area contributed by atoms with Crippen molar-refractivity contribution in [3.63, 3.8) is 0 Å². The average Bonchev–Trinajstić information content (AvgIpc) is 2.65. The second-order valence-electron chi connectivity index (χ2n) is 3.86. The third-order valence-electron chi connectivity index (χ3n) is 2.65. The molecule has 0 saturated carbocycles. The van der Waals surface area contributed by atoms with E-state index in [9.17, 15) is 9.59 Å². The number of hydrogen-bond donors (Lipinski definition) is 2. The number of thiophene rings is 1. The quantitative estimate of drug-likeness (QED) is 0.822. The lowest BCUT2D eigenvalue weighted by Crippen LogP contribution is -2.33. The summed E-state index contributed by atoms with van der Waals surface area (Å²) < 4.78 is 0. The van der Waals surface area contributed by atoms with Crippen LogP contribution in [0.5, 0.6) is 0 Å². The summed E-state index contributed by atoms with van der Waals surface area (Å²) in [6.45, 7) is 3.13. The number of nitrogens with one attached hydrogen (secondary N) is 1. The third kappa shape index (κ3) is 2.83. The average molecular weight is 254 g/mol. The van der Waals surface area contributed by atoms with Crippen molar-refractivity contribution in [3.05, 3.63) is 21.9 Å². The van der Waals surface area contributed by atoms with Gasteiger partial charge in [-0.15, -0.1) is 11.3 Å². The van der Waals surface area contributed by atoms with Gasteiger partial charge >= 0.3 is 5.97 Å². The van der Waals surface area contributed by atoms with Crippen LogP contribution in [0.1, 0.15) is 25.8 Å². The molecule has 2 N–H and O–H groups in total. The molecule has 1 aromatic rings. The van der Waals surface area contributed by atoms with Crippen molar-refractivity contribution in [1.29, 1.82) is 0 Å². The smallest absolute Gasteiger partial charge is 0.345 e. The second kappa shape index (κ2) is 5.29. The van der Waals surface area contributed by atoms with Gasteiger partial charge in [0.1, 0.15) is 4.88 Å². The summed E-state index contributed by atoms with van der Waals surface area (Å²) >= 11 is 1.04. The summed E-state index contributed by atoms with van der Waals surface area (Å²) in [5.74, 6) is -1.04. The SMILES string of the molecule is O=C(O)c1ccc(C(=O)N2CCCNCC2)s1. The first-order chi connectivity index (χ1) is 8.18. The Kier molecular flexibility index (Phi) is 3.75. The van der Waals surface area contributed by atoms with E-state index in [1.54, 1.807) is 11.0 Å². The molecule has 2 rings (SSSR count). The van der Waals surface area contributed by atoms with Crippen molar-refractivity contribution in [1.82, 2.24) is 10.2 Å². The van der Waals surface area contributed by atoms with Crippen LogP contribution >= 0.6 is 11.3 Å².